The maximum Gasteiger partial charge on any atom is 0.242 e. The molecule has 118 valence electrons. The standard InChI is InChI=1S/C13H19Cl2N3O2S/c1-18-6-2-3-9(18)8-17-21(19,20)12-5-4-11(14)10(7-16)13(12)15/h4-5,9,17H,2-3,6-8,16H2,1H3. The van der Waals surface area contributed by atoms with Gasteiger partial charge in [0.1, 0.15) is 4.90 Å². The molecule has 0 radical (unpaired) electrons. The summed E-state index contributed by atoms with van der Waals surface area (Å²) >= 11 is 12.1. The van der Waals surface area contributed by atoms with Gasteiger partial charge in [-0.2, -0.15) is 0 Å². The van der Waals surface area contributed by atoms with Gasteiger partial charge in [0.25, 0.3) is 0 Å². The molecule has 0 saturated carbocycles. The molecule has 1 fully saturated rings. The predicted octanol–water partition coefficient (Wildman–Crippen LogP) is 1.82. The summed E-state index contributed by atoms with van der Waals surface area (Å²) in [6.07, 6.45) is 2.07. The number of nitrogens with one attached hydrogen (secondary N) is 1. The highest BCUT2D eigenvalue weighted by molar-refractivity contribution is 7.89. The molecule has 1 aromatic carbocycles. The molecule has 21 heavy (non-hydrogen) atoms. The van der Waals surface area contributed by atoms with Crippen molar-refractivity contribution in [3.8, 4) is 0 Å². The Morgan fingerprint density at radius 3 is 2.71 bits per heavy atom. The lowest BCUT2D eigenvalue weighted by atomic mass is 10.2. The maximum absolute atomic E-state index is 12.4. The maximum atomic E-state index is 12.4. The number of hydrogen-bond donors (Lipinski definition) is 2. The molecular weight excluding hydrogens is 333 g/mol. The molecule has 5 nitrogen and oxygen atoms in total. The largest absolute Gasteiger partial charge is 0.326 e. The number of sulfonamides is 1. The van der Waals surface area contributed by atoms with E-state index in [0.29, 0.717) is 17.1 Å². The van der Waals surface area contributed by atoms with Crippen molar-refractivity contribution in [2.24, 2.45) is 5.73 Å². The van der Waals surface area contributed by atoms with Crippen molar-refractivity contribution in [2.45, 2.75) is 30.3 Å². The lowest BCUT2D eigenvalue weighted by Crippen LogP contribution is -2.38. The highest BCUT2D eigenvalue weighted by Crippen LogP contribution is 2.30. The number of rotatable bonds is 5. The molecule has 1 atom stereocenters. The van der Waals surface area contributed by atoms with Crippen LogP contribution in [0.15, 0.2) is 17.0 Å². The van der Waals surface area contributed by atoms with Crippen molar-refractivity contribution in [3.63, 3.8) is 0 Å². The fourth-order valence-corrected chi connectivity index (χ4v) is 4.49. The normalized spacial score (nSPS) is 20.1. The van der Waals surface area contributed by atoms with Crippen LogP contribution in [0.5, 0.6) is 0 Å². The van der Waals surface area contributed by atoms with Crippen LogP contribution < -0.4 is 10.5 Å². The van der Waals surface area contributed by atoms with Crippen molar-refractivity contribution < 1.29 is 8.42 Å². The van der Waals surface area contributed by atoms with Crippen LogP contribution in [0.1, 0.15) is 18.4 Å². The van der Waals surface area contributed by atoms with E-state index < -0.39 is 10.0 Å². The quantitative estimate of drug-likeness (QED) is 0.848. The van der Waals surface area contributed by atoms with Gasteiger partial charge in [-0.1, -0.05) is 23.2 Å². The number of likely N-dealkylation sites (N-methyl/N-ethyl adjacent to an activating group) is 1. The third-order valence-corrected chi connectivity index (χ3v) is 6.19. The first-order valence-electron chi connectivity index (χ1n) is 6.73. The van der Waals surface area contributed by atoms with Crippen molar-refractivity contribution in [1.29, 1.82) is 0 Å². The van der Waals surface area contributed by atoms with Gasteiger partial charge in [0.2, 0.25) is 10.0 Å². The summed E-state index contributed by atoms with van der Waals surface area (Å²) in [6, 6.07) is 3.14. The Balaban J connectivity index is 2.20. The second-order valence-corrected chi connectivity index (χ2v) is 7.69. The van der Waals surface area contributed by atoms with Crippen LogP contribution in [0.4, 0.5) is 0 Å². The molecule has 0 aliphatic carbocycles. The third-order valence-electron chi connectivity index (χ3n) is 3.82. The van der Waals surface area contributed by atoms with Gasteiger partial charge in [-0.15, -0.1) is 0 Å². The smallest absolute Gasteiger partial charge is 0.242 e. The molecule has 0 bridgehead atoms. The number of benzene rings is 1. The van der Waals surface area contributed by atoms with E-state index in [-0.39, 0.29) is 22.5 Å². The average molecular weight is 352 g/mol. The van der Waals surface area contributed by atoms with E-state index in [4.69, 9.17) is 28.9 Å². The lowest BCUT2D eigenvalue weighted by Gasteiger charge is -2.20. The highest BCUT2D eigenvalue weighted by atomic mass is 35.5. The van der Waals surface area contributed by atoms with Crippen molar-refractivity contribution in [3.05, 3.63) is 27.7 Å². The minimum absolute atomic E-state index is 0.0228. The molecule has 1 unspecified atom stereocenters. The Morgan fingerprint density at radius 1 is 1.43 bits per heavy atom. The zero-order valence-corrected chi connectivity index (χ0v) is 14.1. The van der Waals surface area contributed by atoms with Crippen LogP contribution in [0.25, 0.3) is 0 Å². The zero-order chi connectivity index (χ0) is 15.6. The van der Waals surface area contributed by atoms with Crippen LogP contribution in [0.3, 0.4) is 0 Å². The van der Waals surface area contributed by atoms with Gasteiger partial charge in [0, 0.05) is 29.7 Å². The summed E-state index contributed by atoms with van der Waals surface area (Å²) in [4.78, 5) is 2.17. The molecule has 3 N–H and O–H groups in total. The number of nitrogens with zero attached hydrogens (tertiary/aromatic N) is 1. The van der Waals surface area contributed by atoms with Gasteiger partial charge in [0.05, 0.1) is 5.02 Å². The molecule has 0 spiro atoms. The zero-order valence-electron chi connectivity index (χ0n) is 11.8. The number of nitrogens with two attached hydrogens (primary N) is 1. The van der Waals surface area contributed by atoms with E-state index in [1.165, 1.54) is 12.1 Å². The van der Waals surface area contributed by atoms with Gasteiger partial charge in [0.15, 0.2) is 0 Å². The van der Waals surface area contributed by atoms with E-state index in [1.54, 1.807) is 0 Å². The Bertz CT molecular complexity index is 622. The van der Waals surface area contributed by atoms with Gasteiger partial charge in [-0.3, -0.25) is 0 Å². The molecule has 1 aliphatic heterocycles. The van der Waals surface area contributed by atoms with Crippen molar-refractivity contribution >= 4 is 33.2 Å². The van der Waals surface area contributed by atoms with E-state index in [0.717, 1.165) is 19.4 Å². The molecule has 8 heteroatoms. The first kappa shape index (κ1) is 17.0. The summed E-state index contributed by atoms with van der Waals surface area (Å²) in [5.74, 6) is 0. The minimum atomic E-state index is -3.67. The molecule has 1 saturated heterocycles. The Morgan fingerprint density at radius 2 is 2.14 bits per heavy atom. The monoisotopic (exact) mass is 351 g/mol. The Labute approximate surface area is 135 Å². The molecular formula is C13H19Cl2N3O2S. The van der Waals surface area contributed by atoms with Crippen LogP contribution in [-0.2, 0) is 16.6 Å². The van der Waals surface area contributed by atoms with Crippen LogP contribution >= 0.6 is 23.2 Å². The molecule has 1 aliphatic rings. The summed E-state index contributed by atoms with van der Waals surface area (Å²) in [6.45, 7) is 1.45. The second kappa shape index (κ2) is 6.81. The second-order valence-electron chi connectivity index (χ2n) is 5.17. The van der Waals surface area contributed by atoms with Gasteiger partial charge < -0.3 is 10.6 Å². The SMILES string of the molecule is CN1CCCC1CNS(=O)(=O)c1ccc(Cl)c(CN)c1Cl. The first-order chi connectivity index (χ1) is 9.86. The number of likely N-dealkylation sites (tertiary alicyclic amines) is 1. The predicted molar refractivity (Wildman–Crippen MR) is 85.2 cm³/mol. The fourth-order valence-electron chi connectivity index (χ4n) is 2.49. The fraction of sp³-hybridized carbons (Fsp3) is 0.538. The molecule has 1 heterocycles. The van der Waals surface area contributed by atoms with E-state index in [9.17, 15) is 8.42 Å². The third kappa shape index (κ3) is 3.70. The van der Waals surface area contributed by atoms with Gasteiger partial charge in [-0.25, -0.2) is 13.1 Å². The van der Waals surface area contributed by atoms with E-state index in [2.05, 4.69) is 9.62 Å². The summed E-state index contributed by atoms with van der Waals surface area (Å²) in [5, 5.41) is 0.467. The van der Waals surface area contributed by atoms with Crippen LogP contribution in [0, 0.1) is 0 Å². The Hall–Kier alpha value is -0.370. The van der Waals surface area contributed by atoms with Gasteiger partial charge in [-0.05, 0) is 38.6 Å². The number of halogens is 2. The molecule has 0 amide bonds. The molecule has 2 rings (SSSR count). The van der Waals surface area contributed by atoms with Gasteiger partial charge >= 0.3 is 0 Å². The number of hydrogen-bond acceptors (Lipinski definition) is 4. The van der Waals surface area contributed by atoms with Crippen molar-refractivity contribution in [1.82, 2.24) is 9.62 Å². The first-order valence-corrected chi connectivity index (χ1v) is 8.97. The Kier molecular flexibility index (Phi) is 5.51. The summed E-state index contributed by atoms with van der Waals surface area (Å²) < 4.78 is 27.4. The van der Waals surface area contributed by atoms with E-state index >= 15 is 0 Å². The van der Waals surface area contributed by atoms with Crippen LogP contribution in [-0.4, -0.2) is 39.5 Å². The highest BCUT2D eigenvalue weighted by Gasteiger charge is 2.25. The van der Waals surface area contributed by atoms with Crippen molar-refractivity contribution in [2.75, 3.05) is 20.1 Å². The van der Waals surface area contributed by atoms with E-state index in [1.807, 2.05) is 7.05 Å². The van der Waals surface area contributed by atoms with Crippen LogP contribution in [0.2, 0.25) is 10.0 Å². The minimum Gasteiger partial charge on any atom is -0.326 e. The molecule has 0 aromatic heterocycles. The lowest BCUT2D eigenvalue weighted by molar-refractivity contribution is 0.311. The topological polar surface area (TPSA) is 75.4 Å². The average Bonchev–Trinajstić information content (AvgIpc) is 2.82. The summed E-state index contributed by atoms with van der Waals surface area (Å²) in [5.41, 5.74) is 6.01. The molecule has 1 aromatic rings. The summed E-state index contributed by atoms with van der Waals surface area (Å²) in [7, 11) is -1.68.